The molecule has 0 N–H and O–H groups in total. The van der Waals surface area contributed by atoms with E-state index in [0.717, 1.165) is 11.1 Å². The fourth-order valence-electron chi connectivity index (χ4n) is 0.962. The minimum absolute atomic E-state index is 0.844. The van der Waals surface area contributed by atoms with Crippen molar-refractivity contribution in [1.82, 2.24) is 0 Å². The van der Waals surface area contributed by atoms with Crippen molar-refractivity contribution in [3.63, 3.8) is 0 Å². The molecular formula is C9H11BrO. The second-order valence-corrected chi connectivity index (χ2v) is 3.01. The maximum atomic E-state index is 5.19. The van der Waals surface area contributed by atoms with Gasteiger partial charge in [0.25, 0.3) is 0 Å². The molecule has 0 aliphatic heterocycles. The smallest absolute Gasteiger partial charge is 0.123 e. The minimum atomic E-state index is 0.844. The predicted molar refractivity (Wildman–Crippen MR) is 50.4 cm³/mol. The van der Waals surface area contributed by atoms with Gasteiger partial charge in [0, 0.05) is 10.9 Å². The Morgan fingerprint density at radius 1 is 1.45 bits per heavy atom. The number of hydrogen-bond donors (Lipinski definition) is 0. The molecule has 0 spiro atoms. The first-order valence-corrected chi connectivity index (χ1v) is 4.59. The van der Waals surface area contributed by atoms with E-state index in [1.807, 2.05) is 6.07 Å². The molecule has 1 rings (SSSR count). The molecule has 0 fully saturated rings. The van der Waals surface area contributed by atoms with Crippen LogP contribution in [0, 0.1) is 6.92 Å². The molecule has 0 bridgehead atoms. The van der Waals surface area contributed by atoms with Crippen LogP contribution in [0.1, 0.15) is 11.1 Å². The van der Waals surface area contributed by atoms with Gasteiger partial charge in [-0.05, 0) is 18.6 Å². The lowest BCUT2D eigenvalue weighted by atomic mass is 10.1. The van der Waals surface area contributed by atoms with Gasteiger partial charge in [-0.15, -0.1) is 0 Å². The van der Waals surface area contributed by atoms with E-state index in [-0.39, 0.29) is 0 Å². The minimum Gasteiger partial charge on any atom is -0.496 e. The first-order valence-electron chi connectivity index (χ1n) is 3.47. The summed E-state index contributed by atoms with van der Waals surface area (Å²) in [5.41, 5.74) is 2.42. The zero-order valence-corrected chi connectivity index (χ0v) is 8.31. The number of rotatable bonds is 2. The summed E-state index contributed by atoms with van der Waals surface area (Å²) in [4.78, 5) is 0. The van der Waals surface area contributed by atoms with E-state index in [2.05, 4.69) is 35.0 Å². The van der Waals surface area contributed by atoms with Crippen LogP contribution in [-0.4, -0.2) is 7.11 Å². The molecule has 1 nitrogen and oxygen atoms in total. The molecule has 0 atom stereocenters. The van der Waals surface area contributed by atoms with Crippen LogP contribution in [0.3, 0.4) is 0 Å². The maximum absolute atomic E-state index is 5.19. The molecule has 1 aromatic carbocycles. The maximum Gasteiger partial charge on any atom is 0.123 e. The summed E-state index contributed by atoms with van der Waals surface area (Å²) in [5.74, 6) is 0.960. The van der Waals surface area contributed by atoms with Crippen LogP contribution in [0.4, 0.5) is 0 Å². The van der Waals surface area contributed by atoms with E-state index >= 15 is 0 Å². The summed E-state index contributed by atoms with van der Waals surface area (Å²) in [5, 5.41) is 0.844. The van der Waals surface area contributed by atoms with Crippen LogP contribution < -0.4 is 4.74 Å². The Morgan fingerprint density at radius 3 is 2.73 bits per heavy atom. The van der Waals surface area contributed by atoms with Crippen LogP contribution in [0.25, 0.3) is 0 Å². The number of aryl methyl sites for hydroxylation is 1. The van der Waals surface area contributed by atoms with Crippen LogP contribution in [0.15, 0.2) is 18.2 Å². The van der Waals surface area contributed by atoms with Crippen LogP contribution in [0.5, 0.6) is 5.75 Å². The molecule has 0 radical (unpaired) electrons. The number of ether oxygens (including phenoxy) is 1. The van der Waals surface area contributed by atoms with E-state index in [9.17, 15) is 0 Å². The van der Waals surface area contributed by atoms with Crippen molar-refractivity contribution >= 4 is 15.9 Å². The third-order valence-corrected chi connectivity index (χ3v) is 2.19. The SMILES string of the molecule is COc1cc(C)ccc1CBr. The third-order valence-electron chi connectivity index (χ3n) is 1.59. The number of hydrogen-bond acceptors (Lipinski definition) is 1. The number of methoxy groups -OCH3 is 1. The second-order valence-electron chi connectivity index (χ2n) is 2.45. The highest BCUT2D eigenvalue weighted by Crippen LogP contribution is 2.21. The summed E-state index contributed by atoms with van der Waals surface area (Å²) in [6.45, 7) is 2.06. The van der Waals surface area contributed by atoms with Gasteiger partial charge >= 0.3 is 0 Å². The number of benzene rings is 1. The topological polar surface area (TPSA) is 9.23 Å². The highest BCUT2D eigenvalue weighted by atomic mass is 79.9. The highest BCUT2D eigenvalue weighted by molar-refractivity contribution is 9.08. The molecule has 2 heteroatoms. The van der Waals surface area contributed by atoms with E-state index in [1.165, 1.54) is 11.1 Å². The average Bonchev–Trinajstić information content (AvgIpc) is 2.04. The van der Waals surface area contributed by atoms with Crippen molar-refractivity contribution in [2.75, 3.05) is 7.11 Å². The lowest BCUT2D eigenvalue weighted by molar-refractivity contribution is 0.411. The number of halogens is 1. The van der Waals surface area contributed by atoms with Crippen LogP contribution in [0.2, 0.25) is 0 Å². The van der Waals surface area contributed by atoms with Crippen molar-refractivity contribution in [3.05, 3.63) is 29.3 Å². The lowest BCUT2D eigenvalue weighted by Crippen LogP contribution is -1.89. The molecule has 0 saturated carbocycles. The Balaban J connectivity index is 3.06. The van der Waals surface area contributed by atoms with Gasteiger partial charge in [-0.25, -0.2) is 0 Å². The third kappa shape index (κ3) is 1.96. The predicted octanol–water partition coefficient (Wildman–Crippen LogP) is 2.90. The van der Waals surface area contributed by atoms with Gasteiger partial charge in [-0.2, -0.15) is 0 Å². The normalized spacial score (nSPS) is 9.73. The Bertz CT molecular complexity index is 245. The molecule has 1 aromatic rings. The van der Waals surface area contributed by atoms with Gasteiger partial charge in [0.05, 0.1) is 7.11 Å². The van der Waals surface area contributed by atoms with Crippen LogP contribution >= 0.6 is 15.9 Å². The summed E-state index contributed by atoms with van der Waals surface area (Å²) < 4.78 is 5.19. The largest absolute Gasteiger partial charge is 0.496 e. The lowest BCUT2D eigenvalue weighted by Gasteiger charge is -2.05. The quantitative estimate of drug-likeness (QED) is 0.689. The zero-order chi connectivity index (χ0) is 8.27. The van der Waals surface area contributed by atoms with Gasteiger partial charge in [-0.3, -0.25) is 0 Å². The van der Waals surface area contributed by atoms with Gasteiger partial charge in [0.1, 0.15) is 5.75 Å². The second kappa shape index (κ2) is 3.77. The van der Waals surface area contributed by atoms with Crippen molar-refractivity contribution in [2.45, 2.75) is 12.3 Å². The van der Waals surface area contributed by atoms with Crippen LogP contribution in [-0.2, 0) is 5.33 Å². The highest BCUT2D eigenvalue weighted by Gasteiger charge is 1.99. The van der Waals surface area contributed by atoms with E-state index in [0.29, 0.717) is 0 Å². The number of alkyl halides is 1. The molecule has 11 heavy (non-hydrogen) atoms. The Kier molecular flexibility index (Phi) is 2.94. The fraction of sp³-hybridized carbons (Fsp3) is 0.333. The summed E-state index contributed by atoms with van der Waals surface area (Å²) >= 11 is 3.39. The van der Waals surface area contributed by atoms with Crippen molar-refractivity contribution in [3.8, 4) is 5.75 Å². The summed E-state index contributed by atoms with van der Waals surface area (Å²) in [6, 6.07) is 6.19. The molecule has 60 valence electrons. The van der Waals surface area contributed by atoms with Crippen molar-refractivity contribution in [1.29, 1.82) is 0 Å². The molecule has 0 amide bonds. The first-order chi connectivity index (χ1) is 5.27. The monoisotopic (exact) mass is 214 g/mol. The standard InChI is InChI=1S/C9H11BrO/c1-7-3-4-8(6-10)9(5-7)11-2/h3-5H,6H2,1-2H3. The molecule has 0 saturated heterocycles. The average molecular weight is 215 g/mol. The summed E-state index contributed by atoms with van der Waals surface area (Å²) in [6.07, 6.45) is 0. The zero-order valence-electron chi connectivity index (χ0n) is 6.73. The van der Waals surface area contributed by atoms with Crippen molar-refractivity contribution in [2.24, 2.45) is 0 Å². The van der Waals surface area contributed by atoms with E-state index < -0.39 is 0 Å². The van der Waals surface area contributed by atoms with E-state index in [1.54, 1.807) is 7.11 Å². The molecule has 0 aliphatic rings. The molecule has 0 heterocycles. The van der Waals surface area contributed by atoms with Crippen molar-refractivity contribution < 1.29 is 4.74 Å². The van der Waals surface area contributed by atoms with Gasteiger partial charge in [-0.1, -0.05) is 28.1 Å². The molecule has 0 aliphatic carbocycles. The van der Waals surface area contributed by atoms with E-state index in [4.69, 9.17) is 4.74 Å². The van der Waals surface area contributed by atoms with Gasteiger partial charge < -0.3 is 4.74 Å². The molecule has 0 aromatic heterocycles. The Morgan fingerprint density at radius 2 is 2.18 bits per heavy atom. The Labute approximate surface area is 75.5 Å². The first kappa shape index (κ1) is 8.60. The molecular weight excluding hydrogens is 204 g/mol. The van der Waals surface area contributed by atoms with Gasteiger partial charge in [0.15, 0.2) is 0 Å². The molecule has 0 unspecified atom stereocenters. The fourth-order valence-corrected chi connectivity index (χ4v) is 1.43. The van der Waals surface area contributed by atoms with Gasteiger partial charge in [0.2, 0.25) is 0 Å². The Hall–Kier alpha value is -0.500. The summed E-state index contributed by atoms with van der Waals surface area (Å²) in [7, 11) is 1.70.